The van der Waals surface area contributed by atoms with Crippen molar-refractivity contribution in [2.45, 2.75) is 90.0 Å². The molecule has 1 rings (SSSR count). The lowest BCUT2D eigenvalue weighted by atomic mass is 9.83. The molecule has 0 aromatic rings. The Morgan fingerprint density at radius 3 is 2.24 bits per heavy atom. The molecule has 1 saturated carbocycles. The molecule has 0 aliphatic heterocycles. The summed E-state index contributed by atoms with van der Waals surface area (Å²) < 4.78 is 0. The van der Waals surface area contributed by atoms with Crippen LogP contribution in [0.25, 0.3) is 0 Å². The Kier molecular flexibility index (Phi) is 8.23. The highest BCUT2D eigenvalue weighted by atomic mass is 32.1. The van der Waals surface area contributed by atoms with Gasteiger partial charge in [-0.3, -0.25) is 4.79 Å². The maximum Gasteiger partial charge on any atom is 0.223 e. The summed E-state index contributed by atoms with van der Waals surface area (Å²) in [5.41, 5.74) is 5.59. The highest BCUT2D eigenvalue weighted by molar-refractivity contribution is 7.80. The molecule has 1 unspecified atom stereocenters. The normalized spacial score (nSPS) is 20.1. The van der Waals surface area contributed by atoms with Crippen molar-refractivity contribution in [1.82, 2.24) is 5.32 Å². The van der Waals surface area contributed by atoms with E-state index < -0.39 is 5.54 Å². The van der Waals surface area contributed by atoms with Gasteiger partial charge in [0, 0.05) is 5.92 Å². The number of unbranched alkanes of at least 4 members (excludes halogenated alkanes) is 1. The standard InChI is InChI=1S/C17H32N2OS/c1-3-5-11-14(4-2)15(20)19-17(16(18)21)12-9-7-6-8-10-13-17/h14H,3-13H2,1-2H3,(H2,18,21)(H,19,20). The number of nitrogens with one attached hydrogen (secondary N) is 1. The second-order valence-corrected chi connectivity index (χ2v) is 6.89. The van der Waals surface area contributed by atoms with Crippen LogP contribution in [-0.2, 0) is 4.79 Å². The van der Waals surface area contributed by atoms with E-state index >= 15 is 0 Å². The topological polar surface area (TPSA) is 55.1 Å². The van der Waals surface area contributed by atoms with Crippen molar-refractivity contribution in [2.24, 2.45) is 11.7 Å². The van der Waals surface area contributed by atoms with Gasteiger partial charge in [0.2, 0.25) is 5.91 Å². The van der Waals surface area contributed by atoms with Gasteiger partial charge < -0.3 is 11.1 Å². The predicted octanol–water partition coefficient (Wildman–Crippen LogP) is 4.09. The number of amides is 1. The third-order valence-corrected chi connectivity index (χ3v) is 5.20. The van der Waals surface area contributed by atoms with Crippen LogP contribution in [-0.4, -0.2) is 16.4 Å². The highest BCUT2D eigenvalue weighted by Crippen LogP contribution is 2.28. The summed E-state index contributed by atoms with van der Waals surface area (Å²) in [5, 5.41) is 3.25. The molecule has 1 aliphatic rings. The third-order valence-electron chi connectivity index (χ3n) is 4.81. The van der Waals surface area contributed by atoms with Gasteiger partial charge in [0.05, 0.1) is 10.5 Å². The van der Waals surface area contributed by atoms with Gasteiger partial charge in [-0.15, -0.1) is 0 Å². The fraction of sp³-hybridized carbons (Fsp3) is 0.882. The lowest BCUT2D eigenvalue weighted by Gasteiger charge is -2.36. The monoisotopic (exact) mass is 312 g/mol. The molecule has 21 heavy (non-hydrogen) atoms. The van der Waals surface area contributed by atoms with Crippen molar-refractivity contribution >= 4 is 23.1 Å². The largest absolute Gasteiger partial charge is 0.391 e. The maximum atomic E-state index is 12.6. The lowest BCUT2D eigenvalue weighted by Crippen LogP contribution is -2.58. The summed E-state index contributed by atoms with van der Waals surface area (Å²) in [5.74, 6) is 0.251. The van der Waals surface area contributed by atoms with Gasteiger partial charge >= 0.3 is 0 Å². The van der Waals surface area contributed by atoms with Crippen molar-refractivity contribution in [1.29, 1.82) is 0 Å². The van der Waals surface area contributed by atoms with Crippen molar-refractivity contribution in [2.75, 3.05) is 0 Å². The zero-order chi connectivity index (χ0) is 15.7. The summed E-state index contributed by atoms with van der Waals surface area (Å²) >= 11 is 5.32. The molecule has 122 valence electrons. The summed E-state index contributed by atoms with van der Waals surface area (Å²) in [4.78, 5) is 13.1. The molecule has 0 bridgehead atoms. The van der Waals surface area contributed by atoms with Crippen LogP contribution in [0.1, 0.15) is 84.5 Å². The Hall–Kier alpha value is -0.640. The van der Waals surface area contributed by atoms with E-state index in [-0.39, 0.29) is 11.8 Å². The molecular weight excluding hydrogens is 280 g/mol. The van der Waals surface area contributed by atoms with Crippen molar-refractivity contribution < 1.29 is 4.79 Å². The Morgan fingerprint density at radius 1 is 1.19 bits per heavy atom. The number of carbonyl (C=O) groups excluding carboxylic acids is 1. The van der Waals surface area contributed by atoms with E-state index in [2.05, 4.69) is 19.2 Å². The second-order valence-electron chi connectivity index (χ2n) is 6.45. The Morgan fingerprint density at radius 2 is 1.76 bits per heavy atom. The van der Waals surface area contributed by atoms with Crippen molar-refractivity contribution in [3.05, 3.63) is 0 Å². The summed E-state index contributed by atoms with van der Waals surface area (Å²) in [6.45, 7) is 4.25. The molecule has 3 N–H and O–H groups in total. The number of hydrogen-bond acceptors (Lipinski definition) is 2. The zero-order valence-electron chi connectivity index (χ0n) is 13.7. The Bertz CT molecular complexity index is 336. The second kappa shape index (κ2) is 9.39. The van der Waals surface area contributed by atoms with Gasteiger partial charge in [-0.2, -0.15) is 0 Å². The van der Waals surface area contributed by atoms with E-state index in [9.17, 15) is 4.79 Å². The van der Waals surface area contributed by atoms with Crippen LogP contribution in [0.2, 0.25) is 0 Å². The molecule has 0 heterocycles. The number of carbonyl (C=O) groups is 1. The minimum atomic E-state index is -0.438. The number of nitrogens with two attached hydrogens (primary N) is 1. The molecule has 1 atom stereocenters. The van der Waals surface area contributed by atoms with E-state index in [4.69, 9.17) is 18.0 Å². The van der Waals surface area contributed by atoms with E-state index in [0.717, 1.165) is 51.4 Å². The zero-order valence-corrected chi connectivity index (χ0v) is 14.6. The SMILES string of the molecule is CCCCC(CC)C(=O)NC1(C(N)=S)CCCCCCC1. The van der Waals surface area contributed by atoms with Crippen molar-refractivity contribution in [3.8, 4) is 0 Å². The Labute approximate surface area is 135 Å². The first-order chi connectivity index (χ1) is 10.1. The molecule has 0 radical (unpaired) electrons. The maximum absolute atomic E-state index is 12.6. The molecule has 1 amide bonds. The van der Waals surface area contributed by atoms with Crippen LogP contribution in [0.15, 0.2) is 0 Å². The average Bonchev–Trinajstić information content (AvgIpc) is 2.42. The highest BCUT2D eigenvalue weighted by Gasteiger charge is 2.36. The van der Waals surface area contributed by atoms with E-state index in [1.807, 2.05) is 0 Å². The fourth-order valence-electron chi connectivity index (χ4n) is 3.25. The van der Waals surface area contributed by atoms with E-state index in [1.165, 1.54) is 19.3 Å². The van der Waals surface area contributed by atoms with Crippen LogP contribution in [0, 0.1) is 5.92 Å². The summed E-state index contributed by atoms with van der Waals surface area (Å²) in [7, 11) is 0. The number of hydrogen-bond donors (Lipinski definition) is 2. The van der Waals surface area contributed by atoms with Crippen LogP contribution < -0.4 is 11.1 Å². The first-order valence-corrected chi connectivity index (χ1v) is 9.08. The van der Waals surface area contributed by atoms with Gasteiger partial charge in [-0.05, 0) is 25.7 Å². The molecule has 4 heteroatoms. The molecule has 0 spiro atoms. The van der Waals surface area contributed by atoms with Gasteiger partial charge in [-0.1, -0.05) is 71.0 Å². The fourth-order valence-corrected chi connectivity index (χ4v) is 3.51. The van der Waals surface area contributed by atoms with Crippen LogP contribution in [0.4, 0.5) is 0 Å². The number of rotatable bonds is 7. The molecule has 0 saturated heterocycles. The van der Waals surface area contributed by atoms with Gasteiger partial charge in [0.25, 0.3) is 0 Å². The van der Waals surface area contributed by atoms with E-state index in [0.29, 0.717) is 4.99 Å². The molecule has 0 aromatic carbocycles. The first kappa shape index (κ1) is 18.4. The quantitative estimate of drug-likeness (QED) is 0.696. The predicted molar refractivity (Wildman–Crippen MR) is 93.3 cm³/mol. The molecule has 0 aromatic heterocycles. The first-order valence-electron chi connectivity index (χ1n) is 8.67. The minimum absolute atomic E-state index is 0.0987. The van der Waals surface area contributed by atoms with Gasteiger partial charge in [0.1, 0.15) is 0 Å². The molecule has 3 nitrogen and oxygen atoms in total. The van der Waals surface area contributed by atoms with E-state index in [1.54, 1.807) is 0 Å². The lowest BCUT2D eigenvalue weighted by molar-refractivity contribution is -0.126. The van der Waals surface area contributed by atoms with Crippen LogP contribution in [0.3, 0.4) is 0 Å². The molecular formula is C17H32N2OS. The Balaban J connectivity index is 2.75. The summed E-state index contributed by atoms with van der Waals surface area (Å²) in [6.07, 6.45) is 11.8. The molecule has 1 fully saturated rings. The van der Waals surface area contributed by atoms with Gasteiger partial charge in [-0.25, -0.2) is 0 Å². The minimum Gasteiger partial charge on any atom is -0.391 e. The average molecular weight is 313 g/mol. The van der Waals surface area contributed by atoms with Gasteiger partial charge in [0.15, 0.2) is 0 Å². The van der Waals surface area contributed by atoms with Crippen molar-refractivity contribution in [3.63, 3.8) is 0 Å². The smallest absolute Gasteiger partial charge is 0.223 e. The number of thiocarbonyl (C=S) groups is 1. The molecule has 1 aliphatic carbocycles. The summed E-state index contributed by atoms with van der Waals surface area (Å²) in [6, 6.07) is 0. The van der Waals surface area contributed by atoms with Crippen LogP contribution >= 0.6 is 12.2 Å². The van der Waals surface area contributed by atoms with Crippen LogP contribution in [0.5, 0.6) is 0 Å². The third kappa shape index (κ3) is 5.57.